The molecule has 0 aliphatic carbocycles. The largest absolute Gasteiger partial charge is 0.338 e. The van der Waals surface area contributed by atoms with E-state index in [4.69, 9.17) is 0 Å². The SMILES string of the molecule is CN1C(=O)CC[C@H](C(=O)Nc2ccc(F)cc2)[C@H]1c1cccc(F)c1. The van der Waals surface area contributed by atoms with E-state index in [2.05, 4.69) is 5.32 Å². The number of halogens is 2. The first-order valence-corrected chi connectivity index (χ1v) is 8.03. The van der Waals surface area contributed by atoms with Crippen molar-refractivity contribution >= 4 is 17.5 Å². The number of hydrogen-bond donors (Lipinski definition) is 1. The van der Waals surface area contributed by atoms with E-state index < -0.39 is 23.6 Å². The molecular weight excluding hydrogens is 326 g/mol. The Kier molecular flexibility index (Phi) is 4.79. The van der Waals surface area contributed by atoms with Gasteiger partial charge in [0.2, 0.25) is 11.8 Å². The molecule has 4 nitrogen and oxygen atoms in total. The summed E-state index contributed by atoms with van der Waals surface area (Å²) in [5, 5.41) is 2.75. The molecule has 1 saturated heterocycles. The third kappa shape index (κ3) is 3.68. The van der Waals surface area contributed by atoms with E-state index in [1.165, 1.54) is 41.3 Å². The summed E-state index contributed by atoms with van der Waals surface area (Å²) in [6.45, 7) is 0. The van der Waals surface area contributed by atoms with E-state index in [9.17, 15) is 18.4 Å². The molecule has 1 aliphatic heterocycles. The lowest BCUT2D eigenvalue weighted by Crippen LogP contribution is -2.44. The highest BCUT2D eigenvalue weighted by Gasteiger charge is 2.39. The lowest BCUT2D eigenvalue weighted by molar-refractivity contribution is -0.140. The van der Waals surface area contributed by atoms with Crippen molar-refractivity contribution in [1.29, 1.82) is 0 Å². The van der Waals surface area contributed by atoms with Crippen LogP contribution in [0.1, 0.15) is 24.4 Å². The van der Waals surface area contributed by atoms with Gasteiger partial charge in [0.15, 0.2) is 0 Å². The maximum Gasteiger partial charge on any atom is 0.229 e. The first-order chi connectivity index (χ1) is 12.0. The molecule has 6 heteroatoms. The van der Waals surface area contributed by atoms with Crippen molar-refractivity contribution in [2.24, 2.45) is 5.92 Å². The average molecular weight is 344 g/mol. The first-order valence-electron chi connectivity index (χ1n) is 8.03. The van der Waals surface area contributed by atoms with Crippen molar-refractivity contribution < 1.29 is 18.4 Å². The fraction of sp³-hybridized carbons (Fsp3) is 0.263. The number of likely N-dealkylation sites (tertiary alicyclic amines) is 1. The number of hydrogen-bond acceptors (Lipinski definition) is 2. The fourth-order valence-electron chi connectivity index (χ4n) is 3.23. The Hall–Kier alpha value is -2.76. The Balaban J connectivity index is 1.87. The van der Waals surface area contributed by atoms with Crippen LogP contribution < -0.4 is 5.32 Å². The number of rotatable bonds is 3. The van der Waals surface area contributed by atoms with Gasteiger partial charge in [0.1, 0.15) is 11.6 Å². The number of carbonyl (C=O) groups is 2. The van der Waals surface area contributed by atoms with Crippen LogP contribution in [-0.4, -0.2) is 23.8 Å². The molecule has 0 bridgehead atoms. The third-order valence-corrected chi connectivity index (χ3v) is 4.50. The molecular formula is C19H18F2N2O2. The van der Waals surface area contributed by atoms with Crippen molar-refractivity contribution in [2.75, 3.05) is 12.4 Å². The monoisotopic (exact) mass is 344 g/mol. The van der Waals surface area contributed by atoms with Crippen LogP contribution >= 0.6 is 0 Å². The summed E-state index contributed by atoms with van der Waals surface area (Å²) in [6, 6.07) is 10.9. The minimum atomic E-state index is -0.544. The zero-order chi connectivity index (χ0) is 18.0. The summed E-state index contributed by atoms with van der Waals surface area (Å²) in [6.07, 6.45) is 0.626. The zero-order valence-corrected chi connectivity index (χ0v) is 13.7. The predicted molar refractivity (Wildman–Crippen MR) is 89.7 cm³/mol. The van der Waals surface area contributed by atoms with Crippen molar-refractivity contribution in [3.05, 3.63) is 65.7 Å². The van der Waals surface area contributed by atoms with E-state index in [-0.39, 0.29) is 18.2 Å². The number of nitrogens with one attached hydrogen (secondary N) is 1. The molecule has 25 heavy (non-hydrogen) atoms. The molecule has 0 aromatic heterocycles. The van der Waals surface area contributed by atoms with Crippen molar-refractivity contribution in [1.82, 2.24) is 4.90 Å². The van der Waals surface area contributed by atoms with Crippen LogP contribution in [-0.2, 0) is 9.59 Å². The zero-order valence-electron chi connectivity index (χ0n) is 13.7. The van der Waals surface area contributed by atoms with Crippen LogP contribution in [0.4, 0.5) is 14.5 Å². The summed E-state index contributed by atoms with van der Waals surface area (Å²) < 4.78 is 26.6. The van der Waals surface area contributed by atoms with Gasteiger partial charge in [0.25, 0.3) is 0 Å². The Morgan fingerprint density at radius 2 is 1.84 bits per heavy atom. The lowest BCUT2D eigenvalue weighted by Gasteiger charge is -2.38. The van der Waals surface area contributed by atoms with Crippen LogP contribution in [0.25, 0.3) is 0 Å². The number of piperidine rings is 1. The second-order valence-electron chi connectivity index (χ2n) is 6.15. The second-order valence-corrected chi connectivity index (χ2v) is 6.15. The average Bonchev–Trinajstić information content (AvgIpc) is 2.59. The molecule has 130 valence electrons. The number of amides is 2. The Labute approximate surface area is 144 Å². The van der Waals surface area contributed by atoms with E-state index in [0.29, 0.717) is 17.7 Å². The number of anilines is 1. The van der Waals surface area contributed by atoms with Gasteiger partial charge in [-0.2, -0.15) is 0 Å². The highest BCUT2D eigenvalue weighted by Crippen LogP contribution is 2.36. The predicted octanol–water partition coefficient (Wildman–Crippen LogP) is 3.51. The normalized spacial score (nSPS) is 20.4. The molecule has 0 radical (unpaired) electrons. The molecule has 2 amide bonds. The van der Waals surface area contributed by atoms with E-state index in [1.54, 1.807) is 19.2 Å². The van der Waals surface area contributed by atoms with Gasteiger partial charge in [-0.15, -0.1) is 0 Å². The molecule has 1 heterocycles. The first kappa shape index (κ1) is 17.1. The minimum Gasteiger partial charge on any atom is -0.338 e. The van der Waals surface area contributed by atoms with Crippen LogP contribution in [0.3, 0.4) is 0 Å². The topological polar surface area (TPSA) is 49.4 Å². The Morgan fingerprint density at radius 3 is 2.52 bits per heavy atom. The summed E-state index contributed by atoms with van der Waals surface area (Å²) >= 11 is 0. The minimum absolute atomic E-state index is 0.0832. The van der Waals surface area contributed by atoms with Gasteiger partial charge in [-0.05, 0) is 48.4 Å². The molecule has 0 unspecified atom stereocenters. The number of carbonyl (C=O) groups excluding carboxylic acids is 2. The maximum absolute atomic E-state index is 13.6. The van der Waals surface area contributed by atoms with Crippen LogP contribution in [0.2, 0.25) is 0 Å². The molecule has 2 aromatic rings. The number of nitrogens with zero attached hydrogens (tertiary/aromatic N) is 1. The Morgan fingerprint density at radius 1 is 1.12 bits per heavy atom. The quantitative estimate of drug-likeness (QED) is 0.926. The van der Waals surface area contributed by atoms with E-state index >= 15 is 0 Å². The highest BCUT2D eigenvalue weighted by molar-refractivity contribution is 5.94. The van der Waals surface area contributed by atoms with Gasteiger partial charge < -0.3 is 10.2 Å². The van der Waals surface area contributed by atoms with E-state index in [0.717, 1.165) is 0 Å². The van der Waals surface area contributed by atoms with Gasteiger partial charge >= 0.3 is 0 Å². The summed E-state index contributed by atoms with van der Waals surface area (Å²) in [5.41, 5.74) is 1.05. The van der Waals surface area contributed by atoms with Crippen molar-refractivity contribution in [3.63, 3.8) is 0 Å². The molecule has 0 saturated carbocycles. The van der Waals surface area contributed by atoms with Crippen LogP contribution in [0.15, 0.2) is 48.5 Å². The molecule has 1 N–H and O–H groups in total. The molecule has 0 spiro atoms. The summed E-state index contributed by atoms with van der Waals surface area (Å²) in [4.78, 5) is 26.3. The van der Waals surface area contributed by atoms with Gasteiger partial charge in [-0.25, -0.2) is 8.78 Å². The smallest absolute Gasteiger partial charge is 0.229 e. The number of benzene rings is 2. The lowest BCUT2D eigenvalue weighted by atomic mass is 9.84. The van der Waals surface area contributed by atoms with Crippen LogP contribution in [0.5, 0.6) is 0 Å². The Bertz CT molecular complexity index is 792. The van der Waals surface area contributed by atoms with Gasteiger partial charge in [0.05, 0.1) is 12.0 Å². The van der Waals surface area contributed by atoms with Gasteiger partial charge in [-0.3, -0.25) is 9.59 Å². The maximum atomic E-state index is 13.6. The highest BCUT2D eigenvalue weighted by atomic mass is 19.1. The molecule has 2 aromatic carbocycles. The van der Waals surface area contributed by atoms with E-state index in [1.807, 2.05) is 0 Å². The standard InChI is InChI=1S/C19H18F2N2O2/c1-23-17(24)10-9-16(18(23)12-3-2-4-14(21)11-12)19(25)22-15-7-5-13(20)6-8-15/h2-8,11,16,18H,9-10H2,1H3,(H,22,25)/t16-,18+/m0/s1. The van der Waals surface area contributed by atoms with Gasteiger partial charge in [0, 0.05) is 19.2 Å². The third-order valence-electron chi connectivity index (χ3n) is 4.50. The molecule has 1 aliphatic rings. The molecule has 3 rings (SSSR count). The summed E-state index contributed by atoms with van der Waals surface area (Å²) in [7, 11) is 1.62. The van der Waals surface area contributed by atoms with Crippen LogP contribution in [0, 0.1) is 17.6 Å². The summed E-state index contributed by atoms with van der Waals surface area (Å²) in [5.74, 6) is -1.69. The van der Waals surface area contributed by atoms with Crippen molar-refractivity contribution in [2.45, 2.75) is 18.9 Å². The van der Waals surface area contributed by atoms with Crippen molar-refractivity contribution in [3.8, 4) is 0 Å². The molecule has 1 fully saturated rings. The van der Waals surface area contributed by atoms with Gasteiger partial charge in [-0.1, -0.05) is 12.1 Å². The molecule has 2 atom stereocenters. The fourth-order valence-corrected chi connectivity index (χ4v) is 3.23. The second kappa shape index (κ2) is 7.01.